The summed E-state index contributed by atoms with van der Waals surface area (Å²) in [7, 11) is -5.77. The van der Waals surface area contributed by atoms with Gasteiger partial charge in [0.1, 0.15) is 6.10 Å². The average Bonchev–Trinajstić information content (AvgIpc) is 2.49. The van der Waals surface area contributed by atoms with Gasteiger partial charge < -0.3 is 18.0 Å². The third-order valence-corrected chi connectivity index (χ3v) is 12.6. The van der Waals surface area contributed by atoms with Crippen LogP contribution >= 0.6 is 15.9 Å². The molecule has 0 N–H and O–H groups in total. The zero-order chi connectivity index (χ0) is 22.8. The molecule has 1 rings (SSSR count). The van der Waals surface area contributed by atoms with Gasteiger partial charge in [-0.3, -0.25) is 0 Å². The largest absolute Gasteiger partial charge is 0.414 e. The maximum atomic E-state index is 9.04. The Labute approximate surface area is 188 Å². The summed E-state index contributed by atoms with van der Waals surface area (Å²) in [6, 6.07) is 0. The van der Waals surface area contributed by atoms with Gasteiger partial charge >= 0.3 is 0 Å². The molecule has 1 heterocycles. The number of halogens is 1. The van der Waals surface area contributed by atoms with Crippen LogP contribution in [-0.2, 0) is 18.0 Å². The highest BCUT2D eigenvalue weighted by Crippen LogP contribution is 2.39. The van der Waals surface area contributed by atoms with E-state index in [1.165, 1.54) is 0 Å². The van der Waals surface area contributed by atoms with Crippen LogP contribution in [0.5, 0.6) is 0 Å². The lowest BCUT2D eigenvalue weighted by molar-refractivity contribution is -0.160. The lowest BCUT2D eigenvalue weighted by Crippen LogP contribution is -2.62. The highest BCUT2D eigenvalue weighted by Gasteiger charge is 2.49. The van der Waals surface area contributed by atoms with Gasteiger partial charge in [0, 0.05) is 4.91 Å². The second kappa shape index (κ2) is 9.83. The molecule has 29 heavy (non-hydrogen) atoms. The number of hydrogen-bond acceptors (Lipinski definition) is 5. The van der Waals surface area contributed by atoms with Crippen molar-refractivity contribution in [3.8, 4) is 0 Å². The van der Waals surface area contributed by atoms with E-state index >= 15 is 0 Å². The molecule has 1 aliphatic heterocycles. The highest BCUT2D eigenvalue weighted by atomic mass is 79.9. The number of ether oxygens (including phenoxy) is 1. The fraction of sp³-hybridized carbons (Fsp3) is 1.00. The fourth-order valence-electron chi connectivity index (χ4n) is 2.76. The van der Waals surface area contributed by atoms with Gasteiger partial charge in [-0.05, 0) is 62.9 Å². The molecule has 0 spiro atoms. The minimum atomic E-state index is -1.97. The van der Waals surface area contributed by atoms with E-state index in [0.29, 0.717) is 6.61 Å². The predicted molar refractivity (Wildman–Crippen MR) is 130 cm³/mol. The third kappa shape index (κ3) is 8.38. The number of rotatable bonds is 8. The van der Waals surface area contributed by atoms with E-state index in [9.17, 15) is 0 Å². The van der Waals surface area contributed by atoms with E-state index in [0.717, 1.165) is 0 Å². The van der Waals surface area contributed by atoms with Crippen LogP contribution in [-0.4, -0.2) is 60.9 Å². The van der Waals surface area contributed by atoms with Crippen molar-refractivity contribution in [2.24, 2.45) is 5.11 Å². The fourth-order valence-corrected chi connectivity index (χ4v) is 6.81. The minimum absolute atomic E-state index is 0.0905. The molecule has 1 aliphatic rings. The molecule has 0 bridgehead atoms. The lowest BCUT2D eigenvalue weighted by Gasteiger charge is -2.48. The first-order valence-corrected chi connectivity index (χ1v) is 20.9. The summed E-state index contributed by atoms with van der Waals surface area (Å²) in [6.07, 6.45) is -1.59. The third-order valence-electron chi connectivity index (χ3n) is 5.15. The Balaban J connectivity index is 3.25. The first-order chi connectivity index (χ1) is 12.9. The normalized spacial score (nSPS) is 29.4. The summed E-state index contributed by atoms with van der Waals surface area (Å²) in [5, 5.41) is 3.97. The molecule has 1 saturated heterocycles. The number of hydrogen-bond donors (Lipinski definition) is 0. The minimum Gasteiger partial charge on any atom is -0.414 e. The van der Waals surface area contributed by atoms with Crippen molar-refractivity contribution in [1.29, 1.82) is 0 Å². The maximum absolute atomic E-state index is 9.04. The predicted octanol–water partition coefficient (Wildman–Crippen LogP) is 6.25. The van der Waals surface area contributed by atoms with Crippen LogP contribution in [0, 0.1) is 0 Å². The summed E-state index contributed by atoms with van der Waals surface area (Å²) >= 11 is 3.68. The average molecular weight is 527 g/mol. The van der Waals surface area contributed by atoms with Gasteiger partial charge in [0.25, 0.3) is 0 Å². The first-order valence-electron chi connectivity index (χ1n) is 10.2. The number of alkyl halides is 1. The summed E-state index contributed by atoms with van der Waals surface area (Å²) in [6.45, 7) is 24.4. The molecule has 0 unspecified atom stereocenters. The van der Waals surface area contributed by atoms with E-state index < -0.39 is 31.2 Å². The summed E-state index contributed by atoms with van der Waals surface area (Å²) in [5.74, 6) is 0. The quantitative estimate of drug-likeness (QED) is 0.123. The molecule has 0 aliphatic carbocycles. The van der Waals surface area contributed by atoms with Crippen LogP contribution in [0.1, 0.15) is 20.8 Å². The van der Waals surface area contributed by atoms with E-state index in [1.54, 1.807) is 0 Å². The Bertz CT molecular complexity index is 599. The molecular formula is C18H40BrN3O4Si3. The molecule has 0 saturated carbocycles. The van der Waals surface area contributed by atoms with Crippen molar-refractivity contribution in [3.63, 3.8) is 0 Å². The topological polar surface area (TPSA) is 85.7 Å². The number of azide groups is 1. The van der Waals surface area contributed by atoms with Gasteiger partial charge in [-0.25, -0.2) is 0 Å². The Morgan fingerprint density at radius 1 is 0.966 bits per heavy atom. The van der Waals surface area contributed by atoms with Gasteiger partial charge in [-0.15, -0.1) is 0 Å². The zero-order valence-corrected chi connectivity index (χ0v) is 24.5. The molecule has 11 heteroatoms. The van der Waals surface area contributed by atoms with Gasteiger partial charge in [-0.2, -0.15) is 0 Å². The summed E-state index contributed by atoms with van der Waals surface area (Å²) in [4.78, 5) is 2.70. The van der Waals surface area contributed by atoms with Crippen LogP contribution < -0.4 is 0 Å². The first kappa shape index (κ1) is 27.3. The summed E-state index contributed by atoms with van der Waals surface area (Å²) < 4.78 is 25.8. The maximum Gasteiger partial charge on any atom is 0.192 e. The van der Waals surface area contributed by atoms with Gasteiger partial charge in [0.2, 0.25) is 0 Å². The molecule has 1 fully saturated rings. The monoisotopic (exact) mass is 525 g/mol. The highest BCUT2D eigenvalue weighted by molar-refractivity contribution is 9.09. The Kier molecular flexibility index (Phi) is 9.26. The van der Waals surface area contributed by atoms with Crippen molar-refractivity contribution in [2.75, 3.05) is 6.61 Å². The second-order valence-electron chi connectivity index (χ2n) is 11.2. The van der Waals surface area contributed by atoms with Crippen molar-refractivity contribution in [2.45, 2.75) is 108 Å². The lowest BCUT2D eigenvalue weighted by atomic mass is 10.0. The van der Waals surface area contributed by atoms with Gasteiger partial charge in [0.05, 0.1) is 23.6 Å². The second-order valence-corrected chi connectivity index (χ2v) is 26.0. The smallest absolute Gasteiger partial charge is 0.192 e. The van der Waals surface area contributed by atoms with Crippen LogP contribution in [0.15, 0.2) is 5.11 Å². The standard InChI is InChI=1S/C18H40BrN3O4Si3/c1-18(2,3)29(10,11)23-12-13-15(25-27(4,5)6)16(26-28(7,8)9)14(19)17(24-13)21-22-20/h13-17H,12H2,1-11H3/t13-,14-,15+,16-,17+/m1/s1. The van der Waals surface area contributed by atoms with Crippen LogP contribution in [0.2, 0.25) is 57.4 Å². The van der Waals surface area contributed by atoms with Crippen LogP contribution in [0.25, 0.3) is 10.4 Å². The van der Waals surface area contributed by atoms with Gasteiger partial charge in [0.15, 0.2) is 31.2 Å². The van der Waals surface area contributed by atoms with Crippen LogP contribution in [0.4, 0.5) is 0 Å². The molecule has 5 atom stereocenters. The summed E-state index contributed by atoms with van der Waals surface area (Å²) in [5.41, 5.74) is 9.04. The molecule has 0 aromatic carbocycles. The van der Waals surface area contributed by atoms with E-state index in [1.807, 2.05) is 0 Å². The Morgan fingerprint density at radius 2 is 1.45 bits per heavy atom. The Hall–Kier alpha value is 0.281. The molecule has 7 nitrogen and oxygen atoms in total. The molecular weight excluding hydrogens is 486 g/mol. The van der Waals surface area contributed by atoms with E-state index in [2.05, 4.69) is 99.1 Å². The Morgan fingerprint density at radius 3 is 1.86 bits per heavy atom. The van der Waals surface area contributed by atoms with Crippen molar-refractivity contribution < 1.29 is 18.0 Å². The zero-order valence-electron chi connectivity index (χ0n) is 19.9. The van der Waals surface area contributed by atoms with Crippen molar-refractivity contribution >= 4 is 40.9 Å². The molecule has 0 aromatic rings. The molecule has 0 amide bonds. The van der Waals surface area contributed by atoms with Gasteiger partial charge in [-0.1, -0.05) is 41.8 Å². The SMILES string of the molecule is CC(C)(C)[Si](C)(C)OC[C@H]1O[C@H](N=[N+]=[N-])[C@H](Br)[C@@H](O[Si](C)(C)C)[C@H]1O[Si](C)(C)C. The van der Waals surface area contributed by atoms with Crippen molar-refractivity contribution in [1.82, 2.24) is 0 Å². The van der Waals surface area contributed by atoms with E-state index in [-0.39, 0.29) is 28.2 Å². The molecule has 170 valence electrons. The van der Waals surface area contributed by atoms with Crippen LogP contribution in [0.3, 0.4) is 0 Å². The molecule has 0 aromatic heterocycles. The van der Waals surface area contributed by atoms with Crippen molar-refractivity contribution in [3.05, 3.63) is 10.4 Å². The van der Waals surface area contributed by atoms with E-state index in [4.69, 9.17) is 23.5 Å². The number of nitrogens with zero attached hydrogens (tertiary/aromatic N) is 3. The molecule has 0 radical (unpaired) electrons.